The van der Waals surface area contributed by atoms with Gasteiger partial charge in [-0.15, -0.1) is 0 Å². The van der Waals surface area contributed by atoms with E-state index in [1.54, 1.807) is 0 Å². The second kappa shape index (κ2) is 9.11. The number of benzene rings is 1. The molecule has 0 bridgehead atoms. The fourth-order valence-electron chi connectivity index (χ4n) is 3.48. The highest BCUT2D eigenvalue weighted by Gasteiger charge is 2.20. The average Bonchev–Trinajstić information content (AvgIpc) is 3.04. The largest absolute Gasteiger partial charge is 0.494 e. The van der Waals surface area contributed by atoms with E-state index in [1.165, 1.54) is 30.5 Å². The van der Waals surface area contributed by atoms with Crippen molar-refractivity contribution in [2.75, 3.05) is 18.5 Å². The molecule has 4 nitrogen and oxygen atoms in total. The van der Waals surface area contributed by atoms with Crippen LogP contribution < -0.4 is 10.1 Å². The molecule has 1 N–H and O–H groups in total. The van der Waals surface area contributed by atoms with Gasteiger partial charge in [0.25, 0.3) is 0 Å². The van der Waals surface area contributed by atoms with E-state index in [-0.39, 0.29) is 0 Å². The van der Waals surface area contributed by atoms with Crippen LogP contribution in [0.4, 0.5) is 5.82 Å². The van der Waals surface area contributed by atoms with Gasteiger partial charge in [-0.3, -0.25) is 4.57 Å². The van der Waals surface area contributed by atoms with Crippen molar-refractivity contribution < 1.29 is 4.74 Å². The minimum absolute atomic E-state index is 0.704. The van der Waals surface area contributed by atoms with Crippen LogP contribution in [-0.2, 0) is 12.8 Å². The summed E-state index contributed by atoms with van der Waals surface area (Å²) >= 11 is 0. The number of hydrogen-bond donors (Lipinski definition) is 1. The van der Waals surface area contributed by atoms with Crippen LogP contribution in [0.2, 0.25) is 0 Å². The molecular formula is C22H33N3O. The lowest BCUT2D eigenvalue weighted by atomic mass is 10.0. The molecule has 0 radical (unpaired) electrons. The van der Waals surface area contributed by atoms with Gasteiger partial charge in [-0.05, 0) is 48.9 Å². The van der Waals surface area contributed by atoms with E-state index in [0.29, 0.717) is 5.92 Å². The summed E-state index contributed by atoms with van der Waals surface area (Å²) in [6, 6.07) is 6.51. The van der Waals surface area contributed by atoms with Crippen LogP contribution in [0, 0.1) is 5.92 Å². The third kappa shape index (κ3) is 4.60. The summed E-state index contributed by atoms with van der Waals surface area (Å²) in [5.74, 6) is 3.96. The molecule has 4 heteroatoms. The molecule has 0 spiro atoms. The number of unbranched alkanes of at least 4 members (excludes halogenated alkanes) is 3. The zero-order valence-corrected chi connectivity index (χ0v) is 16.6. The fourth-order valence-corrected chi connectivity index (χ4v) is 3.48. The van der Waals surface area contributed by atoms with Crippen molar-refractivity contribution in [3.8, 4) is 11.4 Å². The number of rotatable bonds is 10. The van der Waals surface area contributed by atoms with Crippen LogP contribution >= 0.6 is 0 Å². The minimum Gasteiger partial charge on any atom is -0.494 e. The third-order valence-corrected chi connectivity index (χ3v) is 5.04. The molecule has 0 saturated carbocycles. The molecule has 0 amide bonds. The number of fused-ring (bicyclic) bond motifs is 3. The van der Waals surface area contributed by atoms with Crippen molar-refractivity contribution >= 4 is 5.82 Å². The summed E-state index contributed by atoms with van der Waals surface area (Å²) in [7, 11) is 0. The number of ether oxygens (including phenoxy) is 1. The van der Waals surface area contributed by atoms with Gasteiger partial charge >= 0.3 is 0 Å². The Bertz CT molecular complexity index is 705. The molecule has 1 aliphatic heterocycles. The maximum atomic E-state index is 5.97. The zero-order valence-electron chi connectivity index (χ0n) is 16.6. The lowest BCUT2D eigenvalue weighted by Crippen LogP contribution is -2.16. The SMILES string of the molecule is CCCCCCOc1ccc2c(c1)CCc1ncc(NCCC(C)C)n1-2. The zero-order chi connectivity index (χ0) is 18.4. The summed E-state index contributed by atoms with van der Waals surface area (Å²) in [5, 5.41) is 3.56. The smallest absolute Gasteiger partial charge is 0.130 e. The summed E-state index contributed by atoms with van der Waals surface area (Å²) in [6.07, 6.45) is 10.1. The normalized spacial score (nSPS) is 12.8. The Morgan fingerprint density at radius 1 is 1.19 bits per heavy atom. The van der Waals surface area contributed by atoms with Crippen LogP contribution in [0.25, 0.3) is 5.69 Å². The van der Waals surface area contributed by atoms with E-state index in [9.17, 15) is 0 Å². The molecular weight excluding hydrogens is 322 g/mol. The minimum atomic E-state index is 0.704. The third-order valence-electron chi connectivity index (χ3n) is 5.04. The number of anilines is 1. The Kier molecular flexibility index (Phi) is 6.59. The molecule has 0 saturated heterocycles. The van der Waals surface area contributed by atoms with Crippen LogP contribution in [-0.4, -0.2) is 22.7 Å². The number of hydrogen-bond acceptors (Lipinski definition) is 3. The first kappa shape index (κ1) is 18.8. The summed E-state index contributed by atoms with van der Waals surface area (Å²) < 4.78 is 8.25. The summed E-state index contributed by atoms with van der Waals surface area (Å²) in [4.78, 5) is 4.62. The van der Waals surface area contributed by atoms with Gasteiger partial charge in [-0.25, -0.2) is 4.98 Å². The number of aryl methyl sites for hydroxylation is 2. The fraction of sp³-hybridized carbons (Fsp3) is 0.591. The van der Waals surface area contributed by atoms with E-state index in [0.717, 1.165) is 56.2 Å². The van der Waals surface area contributed by atoms with Crippen LogP contribution in [0.15, 0.2) is 24.4 Å². The Labute approximate surface area is 158 Å². The van der Waals surface area contributed by atoms with E-state index in [1.807, 2.05) is 6.20 Å². The second-order valence-corrected chi connectivity index (χ2v) is 7.70. The maximum Gasteiger partial charge on any atom is 0.130 e. The van der Waals surface area contributed by atoms with Gasteiger partial charge in [-0.1, -0.05) is 40.0 Å². The molecule has 1 aromatic heterocycles. The van der Waals surface area contributed by atoms with E-state index in [2.05, 4.69) is 53.8 Å². The van der Waals surface area contributed by atoms with Gasteiger partial charge in [-0.2, -0.15) is 0 Å². The average molecular weight is 356 g/mol. The molecule has 0 unspecified atom stereocenters. The van der Waals surface area contributed by atoms with Gasteiger partial charge in [0.1, 0.15) is 17.4 Å². The number of nitrogens with one attached hydrogen (secondary N) is 1. The first-order valence-electron chi connectivity index (χ1n) is 10.3. The standard InChI is InChI=1S/C22H33N3O/c1-4-5-6-7-14-26-19-9-10-20-18(15-19)8-11-21-24-16-22(25(20)21)23-13-12-17(2)3/h9-10,15-17,23H,4-8,11-14H2,1-3H3. The predicted octanol–water partition coefficient (Wildman–Crippen LogP) is 5.39. The maximum absolute atomic E-state index is 5.97. The highest BCUT2D eigenvalue weighted by Crippen LogP contribution is 2.31. The molecule has 26 heavy (non-hydrogen) atoms. The Morgan fingerprint density at radius 2 is 2.08 bits per heavy atom. The van der Waals surface area contributed by atoms with Crippen molar-refractivity contribution in [3.05, 3.63) is 35.8 Å². The molecule has 2 aromatic rings. The van der Waals surface area contributed by atoms with Crippen LogP contribution in [0.3, 0.4) is 0 Å². The van der Waals surface area contributed by atoms with Gasteiger partial charge in [0, 0.05) is 13.0 Å². The van der Waals surface area contributed by atoms with Gasteiger partial charge in [0.15, 0.2) is 0 Å². The molecule has 0 fully saturated rings. The second-order valence-electron chi connectivity index (χ2n) is 7.70. The van der Waals surface area contributed by atoms with Crippen molar-refractivity contribution in [2.45, 2.75) is 65.7 Å². The highest BCUT2D eigenvalue weighted by atomic mass is 16.5. The van der Waals surface area contributed by atoms with Gasteiger partial charge in [0.2, 0.25) is 0 Å². The molecule has 0 atom stereocenters. The topological polar surface area (TPSA) is 39.1 Å². The summed E-state index contributed by atoms with van der Waals surface area (Å²) in [5.41, 5.74) is 2.60. The van der Waals surface area contributed by atoms with Crippen molar-refractivity contribution in [2.24, 2.45) is 5.92 Å². The highest BCUT2D eigenvalue weighted by molar-refractivity contribution is 5.55. The molecule has 3 rings (SSSR count). The van der Waals surface area contributed by atoms with Crippen molar-refractivity contribution in [3.63, 3.8) is 0 Å². The Balaban J connectivity index is 1.68. The number of imidazole rings is 1. The Hall–Kier alpha value is -1.97. The predicted molar refractivity (Wildman–Crippen MR) is 109 cm³/mol. The Morgan fingerprint density at radius 3 is 2.88 bits per heavy atom. The molecule has 2 heterocycles. The molecule has 1 aromatic carbocycles. The lowest BCUT2D eigenvalue weighted by Gasteiger charge is -2.22. The lowest BCUT2D eigenvalue weighted by molar-refractivity contribution is 0.304. The van der Waals surface area contributed by atoms with Crippen molar-refractivity contribution in [1.82, 2.24) is 9.55 Å². The van der Waals surface area contributed by atoms with E-state index in [4.69, 9.17) is 4.74 Å². The quantitative estimate of drug-likeness (QED) is 0.581. The molecule has 0 aliphatic carbocycles. The monoisotopic (exact) mass is 355 g/mol. The van der Waals surface area contributed by atoms with Crippen LogP contribution in [0.1, 0.15) is 64.3 Å². The van der Waals surface area contributed by atoms with Gasteiger partial charge < -0.3 is 10.1 Å². The van der Waals surface area contributed by atoms with E-state index >= 15 is 0 Å². The first-order valence-corrected chi connectivity index (χ1v) is 10.3. The number of aromatic nitrogens is 2. The summed E-state index contributed by atoms with van der Waals surface area (Å²) in [6.45, 7) is 8.55. The molecule has 142 valence electrons. The van der Waals surface area contributed by atoms with Gasteiger partial charge in [0.05, 0.1) is 18.5 Å². The van der Waals surface area contributed by atoms with E-state index < -0.39 is 0 Å². The number of nitrogens with zero attached hydrogens (tertiary/aromatic N) is 2. The van der Waals surface area contributed by atoms with Crippen molar-refractivity contribution in [1.29, 1.82) is 0 Å². The van der Waals surface area contributed by atoms with Crippen LogP contribution in [0.5, 0.6) is 5.75 Å². The molecule has 1 aliphatic rings. The first-order chi connectivity index (χ1) is 12.7.